The van der Waals surface area contributed by atoms with Crippen LogP contribution in [0, 0.1) is 20.8 Å². The highest BCUT2D eigenvalue weighted by molar-refractivity contribution is 6.39. The van der Waals surface area contributed by atoms with Crippen LogP contribution < -0.4 is 15.1 Å². The van der Waals surface area contributed by atoms with E-state index in [0.717, 1.165) is 66.5 Å². The molecule has 52 heavy (non-hydrogen) atoms. The SMILES string of the molecule is CCCCCCOC(C(=O)NCC(C)c1nc2n(n1)N=C(C)C2(Cl)N(C(=O)N1CCCC1)c1ccc(N(C)CCO)cc1C)c1ccc(C)cc1C. The van der Waals surface area contributed by atoms with E-state index in [1.165, 1.54) is 4.79 Å². The van der Waals surface area contributed by atoms with Crippen LogP contribution >= 0.6 is 11.6 Å². The minimum absolute atomic E-state index is 0.0251. The van der Waals surface area contributed by atoms with Gasteiger partial charge in [-0.15, -0.1) is 9.89 Å². The first-order chi connectivity index (χ1) is 24.9. The number of nitrogens with one attached hydrogen (secondary N) is 1. The number of hydrogen-bond donors (Lipinski definition) is 2. The van der Waals surface area contributed by atoms with E-state index in [-0.39, 0.29) is 31.0 Å². The number of alkyl halides is 1. The topological polar surface area (TPSA) is 128 Å². The number of aromatic nitrogens is 3. The number of likely N-dealkylation sites (tertiary alicyclic amines) is 1. The number of aliphatic hydroxyl groups excluding tert-OH is 1. The Morgan fingerprint density at radius 3 is 2.48 bits per heavy atom. The Bertz CT molecular complexity index is 1760. The summed E-state index contributed by atoms with van der Waals surface area (Å²) < 4.78 is 6.22. The van der Waals surface area contributed by atoms with Crippen molar-refractivity contribution < 1.29 is 19.4 Å². The Morgan fingerprint density at radius 2 is 1.81 bits per heavy atom. The van der Waals surface area contributed by atoms with Gasteiger partial charge < -0.3 is 25.0 Å². The molecular weight excluding hydrogens is 680 g/mol. The Labute approximate surface area is 313 Å². The van der Waals surface area contributed by atoms with Crippen molar-refractivity contribution >= 4 is 40.6 Å². The van der Waals surface area contributed by atoms with Crippen molar-refractivity contribution in [2.24, 2.45) is 5.10 Å². The molecule has 3 aromatic rings. The second-order valence-corrected chi connectivity index (χ2v) is 14.8. The fourth-order valence-corrected chi connectivity index (χ4v) is 7.21. The lowest BCUT2D eigenvalue weighted by atomic mass is 10.00. The van der Waals surface area contributed by atoms with E-state index in [9.17, 15) is 14.7 Å². The highest BCUT2D eigenvalue weighted by Gasteiger charge is 2.53. The molecule has 2 aromatic carbocycles. The molecule has 0 spiro atoms. The van der Waals surface area contributed by atoms with E-state index in [0.29, 0.717) is 49.3 Å². The summed E-state index contributed by atoms with van der Waals surface area (Å²) in [7, 11) is 1.91. The first-order valence-corrected chi connectivity index (χ1v) is 19.0. The maximum atomic E-state index is 14.4. The predicted octanol–water partition coefficient (Wildman–Crippen LogP) is 6.54. The normalized spacial score (nSPS) is 17.9. The fourth-order valence-electron chi connectivity index (χ4n) is 6.89. The van der Waals surface area contributed by atoms with Crippen molar-refractivity contribution in [3.63, 3.8) is 0 Å². The first kappa shape index (κ1) is 39.2. The Kier molecular flexibility index (Phi) is 13.0. The van der Waals surface area contributed by atoms with Crippen LogP contribution in [0.1, 0.15) is 105 Å². The van der Waals surface area contributed by atoms with E-state index in [2.05, 4.69) is 23.4 Å². The van der Waals surface area contributed by atoms with Gasteiger partial charge in [0.1, 0.15) is 0 Å². The number of halogens is 1. The average molecular weight is 735 g/mol. The Balaban J connectivity index is 1.39. The van der Waals surface area contributed by atoms with Crippen LogP contribution in [-0.2, 0) is 14.5 Å². The number of urea groups is 1. The first-order valence-electron chi connectivity index (χ1n) is 18.6. The third-order valence-electron chi connectivity index (χ3n) is 10.1. The second kappa shape index (κ2) is 17.2. The summed E-state index contributed by atoms with van der Waals surface area (Å²) in [6.45, 7) is 14.4. The quantitative estimate of drug-likeness (QED) is 0.0972. The molecule has 5 rings (SSSR count). The number of ether oxygens (including phenoxy) is 1. The van der Waals surface area contributed by atoms with Crippen molar-refractivity contribution in [1.82, 2.24) is 25.1 Å². The van der Waals surface area contributed by atoms with Crippen molar-refractivity contribution in [2.75, 3.05) is 56.2 Å². The molecule has 0 radical (unpaired) electrons. The summed E-state index contributed by atoms with van der Waals surface area (Å²) in [6, 6.07) is 11.6. The molecular formula is C39H55ClN8O4. The molecule has 0 saturated carbocycles. The third kappa shape index (κ3) is 8.29. The molecule has 1 saturated heterocycles. The van der Waals surface area contributed by atoms with Crippen LogP contribution in [0.3, 0.4) is 0 Å². The second-order valence-electron chi connectivity index (χ2n) is 14.2. The van der Waals surface area contributed by atoms with Gasteiger partial charge in [0.05, 0.1) is 18.0 Å². The van der Waals surface area contributed by atoms with Gasteiger partial charge in [-0.1, -0.05) is 68.5 Å². The van der Waals surface area contributed by atoms with E-state index in [1.807, 2.05) is 74.9 Å². The molecule has 3 atom stereocenters. The van der Waals surface area contributed by atoms with Gasteiger partial charge in [0.2, 0.25) is 10.8 Å². The van der Waals surface area contributed by atoms with Crippen LogP contribution in [0.2, 0.25) is 0 Å². The van der Waals surface area contributed by atoms with Gasteiger partial charge in [0.15, 0.2) is 11.9 Å². The maximum absolute atomic E-state index is 14.4. The number of anilines is 2. The molecule has 3 heterocycles. The lowest BCUT2D eigenvalue weighted by Crippen LogP contribution is -2.54. The number of nitrogens with zero attached hydrogens (tertiary/aromatic N) is 7. The predicted molar refractivity (Wildman–Crippen MR) is 206 cm³/mol. The summed E-state index contributed by atoms with van der Waals surface area (Å²) in [5.74, 6) is 0.254. The number of benzene rings is 2. The number of amides is 3. The molecule has 1 fully saturated rings. The maximum Gasteiger partial charge on any atom is 0.326 e. The van der Waals surface area contributed by atoms with Gasteiger partial charge in [-0.2, -0.15) is 5.10 Å². The van der Waals surface area contributed by atoms with Crippen molar-refractivity contribution in [1.29, 1.82) is 0 Å². The summed E-state index contributed by atoms with van der Waals surface area (Å²) in [4.78, 5) is 38.2. The van der Waals surface area contributed by atoms with Gasteiger partial charge in [0.25, 0.3) is 5.91 Å². The molecule has 0 aliphatic carbocycles. The molecule has 2 N–H and O–H groups in total. The lowest BCUT2D eigenvalue weighted by molar-refractivity contribution is -0.133. The van der Waals surface area contributed by atoms with E-state index < -0.39 is 11.1 Å². The van der Waals surface area contributed by atoms with Crippen LogP contribution in [0.25, 0.3) is 0 Å². The third-order valence-corrected chi connectivity index (χ3v) is 10.7. The van der Waals surface area contributed by atoms with Crippen LogP contribution in [0.5, 0.6) is 0 Å². The lowest BCUT2D eigenvalue weighted by Gasteiger charge is -2.38. The molecule has 13 heteroatoms. The Hall–Kier alpha value is -4.00. The highest BCUT2D eigenvalue weighted by atomic mass is 35.5. The van der Waals surface area contributed by atoms with Crippen molar-refractivity contribution in [2.45, 2.75) is 97.1 Å². The van der Waals surface area contributed by atoms with Crippen molar-refractivity contribution in [3.05, 3.63) is 70.3 Å². The zero-order valence-electron chi connectivity index (χ0n) is 31.8. The van der Waals surface area contributed by atoms with Gasteiger partial charge in [-0.25, -0.2) is 9.78 Å². The highest BCUT2D eigenvalue weighted by Crippen LogP contribution is 2.44. The Morgan fingerprint density at radius 1 is 1.06 bits per heavy atom. The molecule has 1 aromatic heterocycles. The smallest absolute Gasteiger partial charge is 0.326 e. The van der Waals surface area contributed by atoms with Gasteiger partial charge in [-0.3, -0.25) is 9.69 Å². The molecule has 2 aliphatic heterocycles. The number of aryl methyl sites for hydroxylation is 3. The van der Waals surface area contributed by atoms with Gasteiger partial charge in [-0.05, 0) is 81.8 Å². The monoisotopic (exact) mass is 734 g/mol. The number of hydrogen-bond acceptors (Lipinski definition) is 8. The van der Waals surface area contributed by atoms with Crippen LogP contribution in [0.4, 0.5) is 16.2 Å². The summed E-state index contributed by atoms with van der Waals surface area (Å²) in [6.07, 6.45) is 5.32. The fraction of sp³-hybridized carbons (Fsp3) is 0.564. The minimum atomic E-state index is -1.54. The molecule has 3 unspecified atom stereocenters. The van der Waals surface area contributed by atoms with E-state index in [4.69, 9.17) is 26.4 Å². The van der Waals surface area contributed by atoms with Crippen LogP contribution in [-0.4, -0.2) is 89.0 Å². The summed E-state index contributed by atoms with van der Waals surface area (Å²) >= 11 is 7.61. The number of rotatable bonds is 16. The van der Waals surface area contributed by atoms with Gasteiger partial charge >= 0.3 is 6.03 Å². The number of aliphatic hydroxyl groups is 1. The molecule has 3 amide bonds. The van der Waals surface area contributed by atoms with Crippen molar-refractivity contribution in [3.8, 4) is 0 Å². The van der Waals surface area contributed by atoms with E-state index in [1.54, 1.807) is 11.8 Å². The zero-order chi connectivity index (χ0) is 37.6. The number of unbranched alkanes of at least 4 members (excludes halogenated alkanes) is 3. The average Bonchev–Trinajstić information content (AvgIpc) is 3.85. The van der Waals surface area contributed by atoms with Gasteiger partial charge in [0, 0.05) is 51.4 Å². The summed E-state index contributed by atoms with van der Waals surface area (Å²) in [5, 5.41) is 21.9. The molecule has 282 valence electrons. The molecule has 2 aliphatic rings. The van der Waals surface area contributed by atoms with E-state index >= 15 is 0 Å². The summed E-state index contributed by atoms with van der Waals surface area (Å²) in [5.41, 5.74) is 5.84. The zero-order valence-corrected chi connectivity index (χ0v) is 32.5. The standard InChI is InChI=1S/C39H55ClN8O4/c1-8-9-10-13-22-52-34(32-16-14-26(2)23-27(32)3)36(50)41-25-29(5)35-42-37-39(40,30(6)43-48(37)44-35)47(38(51)46-18-11-12-19-46)33-17-15-31(24-28(33)4)45(7)20-21-49/h14-17,23-24,29,34,49H,8-13,18-22,25H2,1-7H3,(H,41,50). The largest absolute Gasteiger partial charge is 0.395 e. The number of carbonyl (C=O) groups excluding carboxylic acids is 2. The molecule has 12 nitrogen and oxygen atoms in total. The number of carbonyl (C=O) groups is 2. The van der Waals surface area contributed by atoms with Crippen LogP contribution in [0.15, 0.2) is 41.5 Å². The number of fused-ring (bicyclic) bond motifs is 1. The molecule has 0 bridgehead atoms. The minimum Gasteiger partial charge on any atom is -0.395 e. The number of likely N-dealkylation sites (N-methyl/N-ethyl adjacent to an activating group) is 1.